The fourth-order valence-electron chi connectivity index (χ4n) is 1.67. The largest absolute Gasteiger partial charge is 0.321 e. The average Bonchev–Trinajstić information content (AvgIpc) is 2.82. The Labute approximate surface area is 111 Å². The summed E-state index contributed by atoms with van der Waals surface area (Å²) in [7, 11) is 4.05. The Kier molecular flexibility index (Phi) is 4.12. The highest BCUT2D eigenvalue weighted by Crippen LogP contribution is 2.14. The molecule has 0 radical (unpaired) electrons. The van der Waals surface area contributed by atoms with E-state index in [2.05, 4.69) is 10.2 Å². The molecule has 1 aromatic carbocycles. The summed E-state index contributed by atoms with van der Waals surface area (Å²) in [6.07, 6.45) is 0. The van der Waals surface area contributed by atoms with E-state index in [0.717, 1.165) is 12.2 Å². The van der Waals surface area contributed by atoms with E-state index in [9.17, 15) is 4.79 Å². The van der Waals surface area contributed by atoms with E-state index in [1.165, 1.54) is 5.56 Å². The topological polar surface area (TPSA) is 32.3 Å². The third kappa shape index (κ3) is 3.42. The van der Waals surface area contributed by atoms with Crippen molar-refractivity contribution in [3.05, 3.63) is 52.2 Å². The van der Waals surface area contributed by atoms with Crippen LogP contribution in [0.2, 0.25) is 0 Å². The molecule has 18 heavy (non-hydrogen) atoms. The first-order chi connectivity index (χ1) is 8.65. The van der Waals surface area contributed by atoms with Gasteiger partial charge in [-0.05, 0) is 43.2 Å². The van der Waals surface area contributed by atoms with E-state index in [-0.39, 0.29) is 5.91 Å². The Morgan fingerprint density at radius 1 is 1.22 bits per heavy atom. The standard InChI is InChI=1S/C14H16N2OS/c1-16(2)9-11-3-5-12(6-4-11)14(17)15-13-7-8-18-10-13/h3-8,10H,9H2,1-2H3,(H,15,17). The van der Waals surface area contributed by atoms with Crippen molar-refractivity contribution in [2.45, 2.75) is 6.54 Å². The van der Waals surface area contributed by atoms with E-state index < -0.39 is 0 Å². The van der Waals surface area contributed by atoms with E-state index in [1.807, 2.05) is 55.2 Å². The van der Waals surface area contributed by atoms with E-state index in [1.54, 1.807) is 11.3 Å². The summed E-state index contributed by atoms with van der Waals surface area (Å²) in [6, 6.07) is 9.59. The molecule has 0 spiro atoms. The molecule has 2 rings (SSSR count). The predicted molar refractivity (Wildman–Crippen MR) is 76.1 cm³/mol. The zero-order chi connectivity index (χ0) is 13.0. The molecule has 0 saturated heterocycles. The third-order valence-electron chi connectivity index (χ3n) is 2.49. The molecule has 1 aromatic heterocycles. The van der Waals surface area contributed by atoms with Crippen molar-refractivity contribution < 1.29 is 4.79 Å². The molecule has 0 aliphatic rings. The van der Waals surface area contributed by atoms with Crippen LogP contribution in [0.3, 0.4) is 0 Å². The summed E-state index contributed by atoms with van der Waals surface area (Å²) in [4.78, 5) is 14.0. The van der Waals surface area contributed by atoms with Gasteiger partial charge in [-0.2, -0.15) is 11.3 Å². The lowest BCUT2D eigenvalue weighted by atomic mass is 10.1. The Hall–Kier alpha value is -1.65. The van der Waals surface area contributed by atoms with Crippen molar-refractivity contribution in [3.8, 4) is 0 Å². The summed E-state index contributed by atoms with van der Waals surface area (Å²) in [6.45, 7) is 0.881. The first-order valence-corrected chi connectivity index (χ1v) is 6.66. The van der Waals surface area contributed by atoms with Gasteiger partial charge in [-0.15, -0.1) is 0 Å². The average molecular weight is 260 g/mol. The van der Waals surface area contributed by atoms with Gasteiger partial charge < -0.3 is 10.2 Å². The maximum Gasteiger partial charge on any atom is 0.255 e. The van der Waals surface area contributed by atoms with Crippen molar-refractivity contribution >= 4 is 22.9 Å². The zero-order valence-corrected chi connectivity index (χ0v) is 11.3. The molecule has 0 fully saturated rings. The Balaban J connectivity index is 2.03. The minimum Gasteiger partial charge on any atom is -0.321 e. The highest BCUT2D eigenvalue weighted by atomic mass is 32.1. The number of hydrogen-bond acceptors (Lipinski definition) is 3. The molecule has 0 saturated carbocycles. The number of carbonyl (C=O) groups is 1. The zero-order valence-electron chi connectivity index (χ0n) is 10.5. The smallest absolute Gasteiger partial charge is 0.255 e. The predicted octanol–water partition coefficient (Wildman–Crippen LogP) is 3.06. The van der Waals surface area contributed by atoms with E-state index in [4.69, 9.17) is 0 Å². The van der Waals surface area contributed by atoms with Crippen molar-refractivity contribution in [2.24, 2.45) is 0 Å². The fourth-order valence-corrected chi connectivity index (χ4v) is 2.25. The van der Waals surface area contributed by atoms with Crippen LogP contribution in [0.1, 0.15) is 15.9 Å². The van der Waals surface area contributed by atoms with Gasteiger partial charge in [0.25, 0.3) is 5.91 Å². The molecule has 3 nitrogen and oxygen atoms in total. The van der Waals surface area contributed by atoms with Gasteiger partial charge in [-0.1, -0.05) is 12.1 Å². The van der Waals surface area contributed by atoms with Crippen molar-refractivity contribution in [1.29, 1.82) is 0 Å². The number of rotatable bonds is 4. The molecule has 0 aliphatic heterocycles. The van der Waals surface area contributed by atoms with Crippen molar-refractivity contribution in [2.75, 3.05) is 19.4 Å². The molecular formula is C14H16N2OS. The fraction of sp³-hybridized carbons (Fsp3) is 0.214. The first kappa shape index (κ1) is 12.8. The second kappa shape index (κ2) is 5.80. The normalized spacial score (nSPS) is 10.6. The maximum absolute atomic E-state index is 11.9. The second-order valence-electron chi connectivity index (χ2n) is 4.40. The van der Waals surface area contributed by atoms with E-state index in [0.29, 0.717) is 5.56 Å². The van der Waals surface area contributed by atoms with Gasteiger partial charge >= 0.3 is 0 Å². The van der Waals surface area contributed by atoms with Crippen LogP contribution in [0, 0.1) is 0 Å². The molecule has 0 unspecified atom stereocenters. The quantitative estimate of drug-likeness (QED) is 0.916. The number of carbonyl (C=O) groups excluding carboxylic acids is 1. The monoisotopic (exact) mass is 260 g/mol. The van der Waals surface area contributed by atoms with Crippen LogP contribution in [0.5, 0.6) is 0 Å². The minimum atomic E-state index is -0.0650. The van der Waals surface area contributed by atoms with Gasteiger partial charge in [0.1, 0.15) is 0 Å². The molecule has 0 bridgehead atoms. The van der Waals surface area contributed by atoms with Crippen LogP contribution >= 0.6 is 11.3 Å². The summed E-state index contributed by atoms with van der Waals surface area (Å²) in [5.74, 6) is -0.0650. The van der Waals surface area contributed by atoms with Crippen molar-refractivity contribution in [1.82, 2.24) is 4.90 Å². The molecule has 1 amide bonds. The lowest BCUT2D eigenvalue weighted by molar-refractivity contribution is 0.102. The molecule has 4 heteroatoms. The molecule has 2 aromatic rings. The summed E-state index contributed by atoms with van der Waals surface area (Å²) >= 11 is 1.57. The summed E-state index contributed by atoms with van der Waals surface area (Å²) in [5, 5.41) is 6.71. The van der Waals surface area contributed by atoms with Gasteiger partial charge in [0.2, 0.25) is 0 Å². The van der Waals surface area contributed by atoms with Crippen LogP contribution in [0.4, 0.5) is 5.69 Å². The van der Waals surface area contributed by atoms with Crippen LogP contribution in [0.25, 0.3) is 0 Å². The second-order valence-corrected chi connectivity index (χ2v) is 5.18. The molecule has 0 atom stereocenters. The number of hydrogen-bond donors (Lipinski definition) is 1. The highest BCUT2D eigenvalue weighted by Gasteiger charge is 2.06. The number of amides is 1. The van der Waals surface area contributed by atoms with Gasteiger partial charge in [0.15, 0.2) is 0 Å². The Morgan fingerprint density at radius 2 is 1.94 bits per heavy atom. The number of nitrogens with one attached hydrogen (secondary N) is 1. The highest BCUT2D eigenvalue weighted by molar-refractivity contribution is 7.08. The third-order valence-corrected chi connectivity index (χ3v) is 3.18. The van der Waals surface area contributed by atoms with Crippen LogP contribution in [-0.4, -0.2) is 24.9 Å². The van der Waals surface area contributed by atoms with Gasteiger partial charge in [-0.25, -0.2) is 0 Å². The van der Waals surface area contributed by atoms with Crippen LogP contribution in [-0.2, 0) is 6.54 Å². The lowest BCUT2D eigenvalue weighted by Crippen LogP contribution is -2.13. The SMILES string of the molecule is CN(C)Cc1ccc(C(=O)Nc2ccsc2)cc1. The number of benzene rings is 1. The molecule has 0 aliphatic carbocycles. The summed E-state index contributed by atoms with van der Waals surface area (Å²) < 4.78 is 0. The van der Waals surface area contributed by atoms with E-state index >= 15 is 0 Å². The molecule has 94 valence electrons. The number of nitrogens with zero attached hydrogens (tertiary/aromatic N) is 1. The molecular weight excluding hydrogens is 244 g/mol. The molecule has 1 heterocycles. The molecule has 1 N–H and O–H groups in total. The minimum absolute atomic E-state index is 0.0650. The van der Waals surface area contributed by atoms with Crippen molar-refractivity contribution in [3.63, 3.8) is 0 Å². The Bertz CT molecular complexity index is 503. The summed E-state index contributed by atoms with van der Waals surface area (Å²) in [5.41, 5.74) is 2.73. The van der Waals surface area contributed by atoms with Gasteiger partial charge in [0.05, 0.1) is 5.69 Å². The van der Waals surface area contributed by atoms with Gasteiger partial charge in [-0.3, -0.25) is 4.79 Å². The first-order valence-electron chi connectivity index (χ1n) is 5.72. The van der Waals surface area contributed by atoms with Crippen LogP contribution in [0.15, 0.2) is 41.1 Å². The number of anilines is 1. The number of thiophene rings is 1. The Morgan fingerprint density at radius 3 is 2.50 bits per heavy atom. The maximum atomic E-state index is 11.9. The lowest BCUT2D eigenvalue weighted by Gasteiger charge is -2.10. The van der Waals surface area contributed by atoms with Gasteiger partial charge in [0, 0.05) is 17.5 Å². The van der Waals surface area contributed by atoms with Crippen LogP contribution < -0.4 is 5.32 Å².